The van der Waals surface area contributed by atoms with E-state index in [9.17, 15) is 0 Å². The van der Waals surface area contributed by atoms with Crippen molar-refractivity contribution in [1.82, 2.24) is 14.9 Å². The number of aromatic nitrogens is 2. The second kappa shape index (κ2) is 4.34. The summed E-state index contributed by atoms with van der Waals surface area (Å²) in [7, 11) is 2.11. The minimum atomic E-state index is 0.0829. The summed E-state index contributed by atoms with van der Waals surface area (Å²) in [5, 5.41) is 3.55. The Balaban J connectivity index is 2.08. The van der Waals surface area contributed by atoms with E-state index < -0.39 is 0 Å². The standard InChI is InChI=1S/C16H23N3/c1-16(2,3)15-18-13-10-11(12-6-5-9-17-12)7-8-14(13)19(15)4/h7-8,10,12,17H,5-6,9H2,1-4H3. The largest absolute Gasteiger partial charge is 0.331 e. The van der Waals surface area contributed by atoms with Crippen molar-refractivity contribution in [1.29, 1.82) is 0 Å². The summed E-state index contributed by atoms with van der Waals surface area (Å²) in [5.41, 5.74) is 3.81. The van der Waals surface area contributed by atoms with Gasteiger partial charge < -0.3 is 9.88 Å². The molecule has 1 N–H and O–H groups in total. The van der Waals surface area contributed by atoms with Gasteiger partial charge in [0, 0.05) is 18.5 Å². The monoisotopic (exact) mass is 257 g/mol. The molecule has 1 aliphatic rings. The summed E-state index contributed by atoms with van der Waals surface area (Å²) in [5.74, 6) is 1.15. The number of rotatable bonds is 1. The van der Waals surface area contributed by atoms with Crippen molar-refractivity contribution in [3.8, 4) is 0 Å². The minimum Gasteiger partial charge on any atom is -0.331 e. The lowest BCUT2D eigenvalue weighted by atomic mass is 9.96. The van der Waals surface area contributed by atoms with E-state index in [0.29, 0.717) is 6.04 Å². The van der Waals surface area contributed by atoms with E-state index in [2.05, 4.69) is 55.9 Å². The Morgan fingerprint density at radius 1 is 1.32 bits per heavy atom. The molecule has 1 saturated heterocycles. The van der Waals surface area contributed by atoms with Gasteiger partial charge in [0.05, 0.1) is 11.0 Å². The molecule has 3 rings (SSSR count). The van der Waals surface area contributed by atoms with Gasteiger partial charge in [0.25, 0.3) is 0 Å². The summed E-state index contributed by atoms with van der Waals surface area (Å²) in [6.45, 7) is 7.78. The van der Waals surface area contributed by atoms with Crippen molar-refractivity contribution in [2.75, 3.05) is 6.54 Å². The second-order valence-electron chi connectivity index (χ2n) is 6.64. The lowest BCUT2D eigenvalue weighted by Gasteiger charge is -2.17. The lowest BCUT2D eigenvalue weighted by Crippen LogP contribution is -2.17. The van der Waals surface area contributed by atoms with Gasteiger partial charge in [0.15, 0.2) is 0 Å². The van der Waals surface area contributed by atoms with E-state index in [1.54, 1.807) is 0 Å². The molecule has 0 amide bonds. The van der Waals surface area contributed by atoms with Gasteiger partial charge in [-0.1, -0.05) is 26.8 Å². The molecule has 1 fully saturated rings. The first kappa shape index (κ1) is 12.7. The normalized spacial score (nSPS) is 20.3. The van der Waals surface area contributed by atoms with Crippen LogP contribution in [0.2, 0.25) is 0 Å². The van der Waals surface area contributed by atoms with Crippen molar-refractivity contribution in [2.24, 2.45) is 7.05 Å². The number of aryl methyl sites for hydroxylation is 1. The molecule has 0 spiro atoms. The van der Waals surface area contributed by atoms with Crippen LogP contribution < -0.4 is 5.32 Å². The Morgan fingerprint density at radius 3 is 2.74 bits per heavy atom. The first-order valence-electron chi connectivity index (χ1n) is 7.17. The smallest absolute Gasteiger partial charge is 0.115 e. The zero-order valence-electron chi connectivity index (χ0n) is 12.3. The SMILES string of the molecule is Cn1c(C(C)(C)C)nc2cc(C3CCCN3)ccc21. The van der Waals surface area contributed by atoms with Crippen molar-refractivity contribution in [3.63, 3.8) is 0 Å². The quantitative estimate of drug-likeness (QED) is 0.849. The molecule has 1 aliphatic heterocycles. The molecule has 2 heterocycles. The zero-order chi connectivity index (χ0) is 13.6. The average molecular weight is 257 g/mol. The molecule has 0 aliphatic carbocycles. The summed E-state index contributed by atoms with van der Waals surface area (Å²) in [6.07, 6.45) is 2.52. The summed E-state index contributed by atoms with van der Waals surface area (Å²) >= 11 is 0. The van der Waals surface area contributed by atoms with Crippen LogP contribution >= 0.6 is 0 Å². The van der Waals surface area contributed by atoms with Crippen molar-refractivity contribution in [3.05, 3.63) is 29.6 Å². The number of nitrogens with one attached hydrogen (secondary N) is 1. The van der Waals surface area contributed by atoms with Gasteiger partial charge in [0.1, 0.15) is 5.82 Å². The number of fused-ring (bicyclic) bond motifs is 1. The molecular formula is C16H23N3. The van der Waals surface area contributed by atoms with E-state index in [-0.39, 0.29) is 5.41 Å². The van der Waals surface area contributed by atoms with E-state index in [4.69, 9.17) is 4.98 Å². The molecule has 1 aromatic carbocycles. The average Bonchev–Trinajstić information content (AvgIpc) is 2.96. The highest BCUT2D eigenvalue weighted by molar-refractivity contribution is 5.77. The van der Waals surface area contributed by atoms with Gasteiger partial charge >= 0.3 is 0 Å². The fourth-order valence-electron chi connectivity index (χ4n) is 3.07. The van der Waals surface area contributed by atoms with Gasteiger partial charge in [-0.2, -0.15) is 0 Å². The molecule has 3 heteroatoms. The first-order chi connectivity index (χ1) is 8.97. The van der Waals surface area contributed by atoms with E-state index in [1.807, 2.05) is 0 Å². The van der Waals surface area contributed by atoms with Crippen molar-refractivity contribution >= 4 is 11.0 Å². The fourth-order valence-corrected chi connectivity index (χ4v) is 3.07. The van der Waals surface area contributed by atoms with Gasteiger partial charge in [-0.25, -0.2) is 4.98 Å². The molecule has 2 aromatic rings. The highest BCUT2D eigenvalue weighted by Crippen LogP contribution is 2.29. The topological polar surface area (TPSA) is 29.9 Å². The van der Waals surface area contributed by atoms with Crippen LogP contribution in [0.15, 0.2) is 18.2 Å². The second-order valence-corrected chi connectivity index (χ2v) is 6.64. The van der Waals surface area contributed by atoms with Crippen LogP contribution in [0.4, 0.5) is 0 Å². The maximum Gasteiger partial charge on any atom is 0.115 e. The Morgan fingerprint density at radius 2 is 2.11 bits per heavy atom. The number of nitrogens with zero attached hydrogens (tertiary/aromatic N) is 2. The van der Waals surface area contributed by atoms with Crippen LogP contribution in [0.5, 0.6) is 0 Å². The van der Waals surface area contributed by atoms with Gasteiger partial charge in [-0.15, -0.1) is 0 Å². The molecule has 19 heavy (non-hydrogen) atoms. The molecule has 1 unspecified atom stereocenters. The van der Waals surface area contributed by atoms with Crippen molar-refractivity contribution in [2.45, 2.75) is 45.1 Å². The van der Waals surface area contributed by atoms with Crippen LogP contribution in [-0.4, -0.2) is 16.1 Å². The Labute approximate surface area is 115 Å². The number of imidazole rings is 1. The molecule has 0 saturated carbocycles. The predicted molar refractivity (Wildman–Crippen MR) is 79.4 cm³/mol. The van der Waals surface area contributed by atoms with E-state index in [1.165, 1.54) is 23.9 Å². The third-order valence-electron chi connectivity index (χ3n) is 4.04. The predicted octanol–water partition coefficient (Wildman–Crippen LogP) is 3.30. The summed E-state index contributed by atoms with van der Waals surface area (Å²) in [6, 6.07) is 7.24. The third-order valence-corrected chi connectivity index (χ3v) is 4.04. The van der Waals surface area contributed by atoms with Crippen LogP contribution in [0.3, 0.4) is 0 Å². The lowest BCUT2D eigenvalue weighted by molar-refractivity contribution is 0.526. The molecule has 102 valence electrons. The zero-order valence-corrected chi connectivity index (χ0v) is 12.3. The minimum absolute atomic E-state index is 0.0829. The van der Waals surface area contributed by atoms with Crippen LogP contribution in [0.1, 0.15) is 51.0 Å². The van der Waals surface area contributed by atoms with Crippen LogP contribution in [-0.2, 0) is 12.5 Å². The highest BCUT2D eigenvalue weighted by atomic mass is 15.1. The maximum atomic E-state index is 4.85. The molecule has 0 radical (unpaired) electrons. The van der Waals surface area contributed by atoms with Crippen molar-refractivity contribution < 1.29 is 0 Å². The summed E-state index contributed by atoms with van der Waals surface area (Å²) in [4.78, 5) is 4.85. The maximum absolute atomic E-state index is 4.85. The van der Waals surface area contributed by atoms with Gasteiger partial charge in [-0.3, -0.25) is 0 Å². The third kappa shape index (κ3) is 2.16. The number of hydrogen-bond donors (Lipinski definition) is 1. The molecule has 1 aromatic heterocycles. The molecule has 0 bridgehead atoms. The van der Waals surface area contributed by atoms with Crippen LogP contribution in [0.25, 0.3) is 11.0 Å². The Hall–Kier alpha value is -1.35. The molecule has 1 atom stereocenters. The van der Waals surface area contributed by atoms with Gasteiger partial charge in [-0.05, 0) is 37.1 Å². The van der Waals surface area contributed by atoms with Crippen LogP contribution in [0, 0.1) is 0 Å². The van der Waals surface area contributed by atoms with E-state index >= 15 is 0 Å². The molecule has 3 nitrogen and oxygen atoms in total. The number of benzene rings is 1. The Kier molecular flexibility index (Phi) is 2.90. The van der Waals surface area contributed by atoms with E-state index in [0.717, 1.165) is 17.9 Å². The summed E-state index contributed by atoms with van der Waals surface area (Å²) < 4.78 is 2.22. The fraction of sp³-hybridized carbons (Fsp3) is 0.562. The first-order valence-corrected chi connectivity index (χ1v) is 7.17. The Bertz CT molecular complexity index is 598. The van der Waals surface area contributed by atoms with Gasteiger partial charge in [0.2, 0.25) is 0 Å². The highest BCUT2D eigenvalue weighted by Gasteiger charge is 2.22. The molecular weight excluding hydrogens is 234 g/mol. The number of hydrogen-bond acceptors (Lipinski definition) is 2.